The van der Waals surface area contributed by atoms with Crippen molar-refractivity contribution in [2.75, 3.05) is 0 Å². The van der Waals surface area contributed by atoms with E-state index < -0.39 is 12.1 Å². The SMILES string of the molecule is C=C(C)C(=O)OC1c2cc(COC(C)=O)ccc2-c2cccc3cccc1c23. The van der Waals surface area contributed by atoms with E-state index in [1.165, 1.54) is 6.92 Å². The molecule has 0 saturated heterocycles. The van der Waals surface area contributed by atoms with Crippen molar-refractivity contribution in [1.29, 1.82) is 0 Å². The number of ether oxygens (including phenoxy) is 2. The van der Waals surface area contributed by atoms with E-state index in [4.69, 9.17) is 9.47 Å². The van der Waals surface area contributed by atoms with Crippen LogP contribution in [0.25, 0.3) is 21.9 Å². The summed E-state index contributed by atoms with van der Waals surface area (Å²) in [5.41, 5.74) is 5.13. The molecular weight excluding hydrogens is 352 g/mol. The topological polar surface area (TPSA) is 52.6 Å². The Morgan fingerprint density at radius 3 is 2.43 bits per heavy atom. The van der Waals surface area contributed by atoms with Gasteiger partial charge >= 0.3 is 11.9 Å². The lowest BCUT2D eigenvalue weighted by Gasteiger charge is -2.29. The number of hydrogen-bond acceptors (Lipinski definition) is 4. The van der Waals surface area contributed by atoms with Crippen molar-refractivity contribution >= 4 is 22.7 Å². The Labute approximate surface area is 163 Å². The fraction of sp³-hybridized carbons (Fsp3) is 0.167. The molecule has 3 aromatic carbocycles. The zero-order chi connectivity index (χ0) is 19.8. The highest BCUT2D eigenvalue weighted by Crippen LogP contribution is 2.46. The maximum atomic E-state index is 12.4. The summed E-state index contributed by atoms with van der Waals surface area (Å²) in [6.45, 7) is 6.90. The van der Waals surface area contributed by atoms with Crippen LogP contribution in [-0.4, -0.2) is 11.9 Å². The highest BCUT2D eigenvalue weighted by atomic mass is 16.5. The summed E-state index contributed by atoms with van der Waals surface area (Å²) >= 11 is 0. The van der Waals surface area contributed by atoms with Gasteiger partial charge in [0, 0.05) is 23.6 Å². The minimum absolute atomic E-state index is 0.176. The largest absolute Gasteiger partial charge is 0.461 e. The van der Waals surface area contributed by atoms with Crippen molar-refractivity contribution in [1.82, 2.24) is 0 Å². The van der Waals surface area contributed by atoms with E-state index in [0.717, 1.165) is 38.6 Å². The smallest absolute Gasteiger partial charge is 0.334 e. The fourth-order valence-corrected chi connectivity index (χ4v) is 3.66. The molecule has 0 amide bonds. The second-order valence-corrected chi connectivity index (χ2v) is 7.02. The lowest BCUT2D eigenvalue weighted by Crippen LogP contribution is -2.17. The fourth-order valence-electron chi connectivity index (χ4n) is 3.66. The summed E-state index contributed by atoms with van der Waals surface area (Å²) in [6.07, 6.45) is -0.546. The number of benzene rings is 3. The Hall–Kier alpha value is -3.40. The number of hydrogen-bond donors (Lipinski definition) is 0. The van der Waals surface area contributed by atoms with Crippen molar-refractivity contribution in [3.63, 3.8) is 0 Å². The third-order valence-corrected chi connectivity index (χ3v) is 4.92. The van der Waals surface area contributed by atoms with Crippen LogP contribution in [0.3, 0.4) is 0 Å². The molecule has 0 fully saturated rings. The van der Waals surface area contributed by atoms with Crippen molar-refractivity contribution in [3.05, 3.63) is 83.4 Å². The molecule has 0 aliphatic heterocycles. The van der Waals surface area contributed by atoms with Gasteiger partial charge in [0.25, 0.3) is 0 Å². The van der Waals surface area contributed by atoms with Crippen LogP contribution in [0, 0.1) is 0 Å². The Balaban J connectivity index is 1.91. The van der Waals surface area contributed by atoms with Crippen LogP contribution in [0.5, 0.6) is 0 Å². The average Bonchev–Trinajstić information content (AvgIpc) is 2.69. The molecule has 1 aliphatic carbocycles. The van der Waals surface area contributed by atoms with Crippen LogP contribution < -0.4 is 0 Å². The zero-order valence-electron chi connectivity index (χ0n) is 15.8. The molecule has 28 heavy (non-hydrogen) atoms. The highest BCUT2D eigenvalue weighted by Gasteiger charge is 2.30. The second-order valence-electron chi connectivity index (χ2n) is 7.02. The Bertz CT molecular complexity index is 1120. The van der Waals surface area contributed by atoms with Gasteiger partial charge in [-0.05, 0) is 40.5 Å². The van der Waals surface area contributed by atoms with Crippen LogP contribution in [0.1, 0.15) is 36.6 Å². The van der Waals surface area contributed by atoms with Gasteiger partial charge in [-0.25, -0.2) is 4.79 Å². The molecule has 0 N–H and O–H groups in total. The van der Waals surface area contributed by atoms with Gasteiger partial charge in [-0.2, -0.15) is 0 Å². The molecule has 4 rings (SSSR count). The van der Waals surface area contributed by atoms with Crippen LogP contribution in [-0.2, 0) is 25.7 Å². The third kappa shape index (κ3) is 3.07. The summed E-state index contributed by atoms with van der Waals surface area (Å²) < 4.78 is 11.0. The molecule has 4 nitrogen and oxygen atoms in total. The highest BCUT2D eigenvalue weighted by molar-refractivity contribution is 6.02. The Kier molecular flexibility index (Phi) is 4.47. The quantitative estimate of drug-likeness (QED) is 0.473. The van der Waals surface area contributed by atoms with Gasteiger partial charge in [0.05, 0.1) is 0 Å². The third-order valence-electron chi connectivity index (χ3n) is 4.92. The van der Waals surface area contributed by atoms with E-state index in [1.807, 2.05) is 36.4 Å². The lowest BCUT2D eigenvalue weighted by atomic mass is 9.81. The number of carbonyl (C=O) groups is 2. The molecule has 0 spiro atoms. The molecule has 0 heterocycles. The normalized spacial score (nSPS) is 14.3. The molecule has 1 unspecified atom stereocenters. The minimum Gasteiger partial charge on any atom is -0.461 e. The molecule has 140 valence electrons. The van der Waals surface area contributed by atoms with E-state index in [1.54, 1.807) is 6.92 Å². The first-order valence-corrected chi connectivity index (χ1v) is 9.10. The van der Waals surface area contributed by atoms with Crippen molar-refractivity contribution in [2.24, 2.45) is 0 Å². The number of rotatable bonds is 4. The monoisotopic (exact) mass is 372 g/mol. The standard InChI is InChI=1S/C24H20O4/c1-14(2)24(26)28-23-20-9-5-7-17-6-4-8-19(22(17)20)18-11-10-16(12-21(18)23)13-27-15(3)25/h4-12,23H,1,13H2,2-3H3. The molecular formula is C24H20O4. The number of carbonyl (C=O) groups excluding carboxylic acids is 2. The summed E-state index contributed by atoms with van der Waals surface area (Å²) in [5.74, 6) is -0.768. The van der Waals surface area contributed by atoms with Gasteiger partial charge in [-0.1, -0.05) is 55.1 Å². The number of esters is 2. The van der Waals surface area contributed by atoms with Crippen LogP contribution in [0.2, 0.25) is 0 Å². The van der Waals surface area contributed by atoms with E-state index >= 15 is 0 Å². The Morgan fingerprint density at radius 1 is 0.964 bits per heavy atom. The average molecular weight is 372 g/mol. The molecule has 1 atom stereocenters. The Morgan fingerprint density at radius 2 is 1.71 bits per heavy atom. The van der Waals surface area contributed by atoms with Crippen molar-refractivity contribution in [3.8, 4) is 11.1 Å². The van der Waals surface area contributed by atoms with Crippen molar-refractivity contribution < 1.29 is 19.1 Å². The summed E-state index contributed by atoms with van der Waals surface area (Å²) in [5, 5.41) is 2.19. The lowest BCUT2D eigenvalue weighted by molar-refractivity contribution is -0.143. The van der Waals surface area contributed by atoms with Crippen molar-refractivity contribution in [2.45, 2.75) is 26.6 Å². The predicted molar refractivity (Wildman–Crippen MR) is 108 cm³/mol. The van der Waals surface area contributed by atoms with E-state index in [0.29, 0.717) is 5.57 Å². The van der Waals surface area contributed by atoms with Crippen LogP contribution in [0.15, 0.2) is 66.7 Å². The first-order chi connectivity index (χ1) is 13.5. The molecule has 1 aliphatic rings. The van der Waals surface area contributed by atoms with Gasteiger partial charge in [0.1, 0.15) is 6.61 Å². The maximum Gasteiger partial charge on any atom is 0.334 e. The summed E-state index contributed by atoms with van der Waals surface area (Å²) in [7, 11) is 0. The first-order valence-electron chi connectivity index (χ1n) is 9.10. The van der Waals surface area contributed by atoms with Gasteiger partial charge in [0.2, 0.25) is 0 Å². The maximum absolute atomic E-state index is 12.4. The predicted octanol–water partition coefficient (Wildman–Crippen LogP) is 5.09. The molecule has 0 aromatic heterocycles. The van der Waals surface area contributed by atoms with Crippen LogP contribution in [0.4, 0.5) is 0 Å². The molecule has 0 radical (unpaired) electrons. The summed E-state index contributed by atoms with van der Waals surface area (Å²) in [6, 6.07) is 18.1. The molecule has 4 heteroatoms. The van der Waals surface area contributed by atoms with E-state index in [9.17, 15) is 9.59 Å². The summed E-state index contributed by atoms with van der Waals surface area (Å²) in [4.78, 5) is 23.5. The minimum atomic E-state index is -0.546. The number of fused-ring (bicyclic) bond motifs is 2. The van der Waals surface area contributed by atoms with Crippen LogP contribution >= 0.6 is 0 Å². The van der Waals surface area contributed by atoms with Gasteiger partial charge in [-0.15, -0.1) is 0 Å². The zero-order valence-corrected chi connectivity index (χ0v) is 15.8. The second kappa shape index (κ2) is 6.97. The van der Waals surface area contributed by atoms with E-state index in [-0.39, 0.29) is 12.6 Å². The molecule has 0 bridgehead atoms. The van der Waals surface area contributed by atoms with Gasteiger partial charge in [-0.3, -0.25) is 4.79 Å². The van der Waals surface area contributed by atoms with Gasteiger partial charge < -0.3 is 9.47 Å². The first kappa shape index (κ1) is 18.0. The van der Waals surface area contributed by atoms with E-state index in [2.05, 4.69) is 24.8 Å². The van der Waals surface area contributed by atoms with Gasteiger partial charge in [0.15, 0.2) is 6.10 Å². The molecule has 3 aromatic rings. The molecule has 0 saturated carbocycles.